The Morgan fingerprint density at radius 2 is 1.89 bits per heavy atom. The van der Waals surface area contributed by atoms with Gasteiger partial charge in [0.2, 0.25) is 0 Å². The first kappa shape index (κ1) is 18.9. The van der Waals surface area contributed by atoms with Crippen LogP contribution < -0.4 is 4.74 Å². The van der Waals surface area contributed by atoms with Gasteiger partial charge in [0.1, 0.15) is 11.6 Å². The summed E-state index contributed by atoms with van der Waals surface area (Å²) in [6.45, 7) is 1.91. The summed E-state index contributed by atoms with van der Waals surface area (Å²) in [5.74, 6) is 0.591. The smallest absolute Gasteiger partial charge is 0.276 e. The Labute approximate surface area is 164 Å². The van der Waals surface area contributed by atoms with Crippen molar-refractivity contribution in [2.75, 3.05) is 19.7 Å². The van der Waals surface area contributed by atoms with E-state index in [9.17, 15) is 9.18 Å². The Morgan fingerprint density at radius 1 is 1.11 bits per heavy atom. The van der Waals surface area contributed by atoms with Gasteiger partial charge in [0, 0.05) is 19.0 Å². The van der Waals surface area contributed by atoms with E-state index in [0.29, 0.717) is 30.6 Å². The van der Waals surface area contributed by atoms with Crippen molar-refractivity contribution in [3.8, 4) is 5.75 Å². The van der Waals surface area contributed by atoms with Gasteiger partial charge in [-0.2, -0.15) is 0 Å². The van der Waals surface area contributed by atoms with Crippen molar-refractivity contribution >= 4 is 5.91 Å². The van der Waals surface area contributed by atoms with Crippen LogP contribution >= 0.6 is 0 Å². The molecule has 1 atom stereocenters. The zero-order valence-corrected chi connectivity index (χ0v) is 16.1. The van der Waals surface area contributed by atoms with Crippen molar-refractivity contribution in [3.63, 3.8) is 0 Å². The second-order valence-corrected chi connectivity index (χ2v) is 7.90. The molecule has 2 heterocycles. The van der Waals surface area contributed by atoms with E-state index >= 15 is 0 Å². The number of piperidine rings is 1. The van der Waals surface area contributed by atoms with Crippen molar-refractivity contribution in [2.45, 2.75) is 51.0 Å². The number of carbonyl (C=O) groups excluding carboxylic acids is 1. The van der Waals surface area contributed by atoms with Gasteiger partial charge in [0.15, 0.2) is 5.69 Å². The molecule has 7 heteroatoms. The van der Waals surface area contributed by atoms with Gasteiger partial charge < -0.3 is 9.64 Å². The number of nitrogens with zero attached hydrogens (tertiary/aromatic N) is 4. The van der Waals surface area contributed by atoms with Gasteiger partial charge in [-0.1, -0.05) is 24.5 Å². The fourth-order valence-corrected chi connectivity index (χ4v) is 4.19. The Morgan fingerprint density at radius 3 is 2.68 bits per heavy atom. The standard InChI is InChI=1S/C21H27FN4O2/c22-17-8-10-19(11-9-17)28-15-16-5-4-12-25(13-16)21(27)20-14-26(24-23-20)18-6-2-1-3-7-18/h8-11,14,16,18H,1-7,12-13,15H2/t16-/m1/s1. The Kier molecular flexibility index (Phi) is 5.88. The maximum atomic E-state index is 13.0. The van der Waals surface area contributed by atoms with E-state index < -0.39 is 0 Å². The highest BCUT2D eigenvalue weighted by Gasteiger charge is 2.27. The normalized spacial score (nSPS) is 20.9. The van der Waals surface area contributed by atoms with Crippen molar-refractivity contribution in [3.05, 3.63) is 42.0 Å². The number of amides is 1. The lowest BCUT2D eigenvalue weighted by Gasteiger charge is -2.32. The van der Waals surface area contributed by atoms with Gasteiger partial charge in [-0.25, -0.2) is 9.07 Å². The van der Waals surface area contributed by atoms with Crippen molar-refractivity contribution in [1.82, 2.24) is 19.9 Å². The molecule has 1 aliphatic heterocycles. The van der Waals surface area contributed by atoms with Crippen LogP contribution in [0.25, 0.3) is 0 Å². The van der Waals surface area contributed by atoms with E-state index in [-0.39, 0.29) is 17.6 Å². The molecule has 28 heavy (non-hydrogen) atoms. The van der Waals surface area contributed by atoms with Crippen LogP contribution in [0.3, 0.4) is 0 Å². The molecule has 4 rings (SSSR count). The third-order valence-electron chi connectivity index (χ3n) is 5.78. The van der Waals surface area contributed by atoms with Gasteiger partial charge in [0.25, 0.3) is 5.91 Å². The first-order chi connectivity index (χ1) is 13.7. The molecule has 0 radical (unpaired) electrons. The monoisotopic (exact) mass is 386 g/mol. The van der Waals surface area contributed by atoms with E-state index in [2.05, 4.69) is 10.3 Å². The molecule has 1 saturated heterocycles. The van der Waals surface area contributed by atoms with E-state index in [1.54, 1.807) is 12.1 Å². The molecule has 150 valence electrons. The highest BCUT2D eigenvalue weighted by molar-refractivity contribution is 5.92. The second-order valence-electron chi connectivity index (χ2n) is 7.90. The second kappa shape index (κ2) is 8.71. The van der Waals surface area contributed by atoms with Crippen LogP contribution in [0.5, 0.6) is 5.75 Å². The minimum atomic E-state index is -0.275. The van der Waals surface area contributed by atoms with Crippen LogP contribution in [-0.2, 0) is 0 Å². The van der Waals surface area contributed by atoms with Crippen molar-refractivity contribution in [2.24, 2.45) is 5.92 Å². The Bertz CT molecular complexity index is 786. The van der Waals surface area contributed by atoms with Crippen LogP contribution in [0.1, 0.15) is 61.5 Å². The average Bonchev–Trinajstić information content (AvgIpc) is 3.24. The summed E-state index contributed by atoms with van der Waals surface area (Å²) in [7, 11) is 0. The number of carbonyl (C=O) groups is 1. The number of rotatable bonds is 5. The highest BCUT2D eigenvalue weighted by Crippen LogP contribution is 2.27. The van der Waals surface area contributed by atoms with Crippen LogP contribution in [-0.4, -0.2) is 45.5 Å². The van der Waals surface area contributed by atoms with Gasteiger partial charge in [-0.3, -0.25) is 4.79 Å². The molecular formula is C21H27FN4O2. The van der Waals surface area contributed by atoms with Gasteiger partial charge in [-0.15, -0.1) is 5.10 Å². The largest absolute Gasteiger partial charge is 0.493 e. The number of likely N-dealkylation sites (tertiary alicyclic amines) is 1. The summed E-state index contributed by atoms with van der Waals surface area (Å²) in [6, 6.07) is 6.42. The third kappa shape index (κ3) is 4.51. The van der Waals surface area contributed by atoms with E-state index in [4.69, 9.17) is 4.74 Å². The molecule has 2 aliphatic rings. The molecular weight excluding hydrogens is 359 g/mol. The number of aromatic nitrogens is 3. The van der Waals surface area contributed by atoms with Crippen LogP contribution in [0.2, 0.25) is 0 Å². The number of ether oxygens (including phenoxy) is 1. The average molecular weight is 386 g/mol. The minimum Gasteiger partial charge on any atom is -0.493 e. The lowest BCUT2D eigenvalue weighted by atomic mass is 9.96. The molecule has 1 amide bonds. The molecule has 1 saturated carbocycles. The summed E-state index contributed by atoms with van der Waals surface area (Å²) >= 11 is 0. The summed E-state index contributed by atoms with van der Waals surface area (Å²) in [6.07, 6.45) is 9.72. The predicted octanol–water partition coefficient (Wildman–Crippen LogP) is 3.85. The maximum absolute atomic E-state index is 13.0. The van der Waals surface area contributed by atoms with Gasteiger partial charge >= 0.3 is 0 Å². The molecule has 0 N–H and O–H groups in total. The van der Waals surface area contributed by atoms with Gasteiger partial charge in [-0.05, 0) is 49.9 Å². The van der Waals surface area contributed by atoms with Crippen LogP contribution in [0.15, 0.2) is 30.5 Å². The molecule has 1 aromatic carbocycles. The van der Waals surface area contributed by atoms with Crippen molar-refractivity contribution < 1.29 is 13.9 Å². The summed E-state index contributed by atoms with van der Waals surface area (Å²) < 4.78 is 20.7. The minimum absolute atomic E-state index is 0.0476. The molecule has 1 aromatic heterocycles. The topological polar surface area (TPSA) is 60.2 Å². The Hall–Kier alpha value is -2.44. The van der Waals surface area contributed by atoms with E-state index in [1.807, 2.05) is 15.8 Å². The first-order valence-corrected chi connectivity index (χ1v) is 10.3. The number of benzene rings is 1. The quantitative estimate of drug-likeness (QED) is 0.783. The van der Waals surface area contributed by atoms with Crippen molar-refractivity contribution in [1.29, 1.82) is 0 Å². The molecule has 2 fully saturated rings. The zero-order valence-electron chi connectivity index (χ0n) is 16.1. The summed E-state index contributed by atoms with van der Waals surface area (Å²) in [4.78, 5) is 14.7. The molecule has 2 aromatic rings. The number of hydrogen-bond donors (Lipinski definition) is 0. The zero-order chi connectivity index (χ0) is 19.3. The molecule has 6 nitrogen and oxygen atoms in total. The predicted molar refractivity (Wildman–Crippen MR) is 103 cm³/mol. The lowest BCUT2D eigenvalue weighted by Crippen LogP contribution is -2.41. The molecule has 0 bridgehead atoms. The third-order valence-corrected chi connectivity index (χ3v) is 5.78. The molecule has 0 spiro atoms. The van der Waals surface area contributed by atoms with E-state index in [0.717, 1.165) is 32.2 Å². The highest BCUT2D eigenvalue weighted by atomic mass is 19.1. The van der Waals surface area contributed by atoms with E-state index in [1.165, 1.54) is 31.4 Å². The summed E-state index contributed by atoms with van der Waals surface area (Å²) in [5, 5.41) is 8.37. The van der Waals surface area contributed by atoms with Gasteiger partial charge in [0.05, 0.1) is 18.8 Å². The first-order valence-electron chi connectivity index (χ1n) is 10.3. The maximum Gasteiger partial charge on any atom is 0.276 e. The number of halogens is 1. The van der Waals surface area contributed by atoms with Crippen LogP contribution in [0, 0.1) is 11.7 Å². The SMILES string of the molecule is O=C(c1cn(C2CCCCC2)nn1)N1CCC[C@@H](COc2ccc(F)cc2)C1. The molecule has 1 aliphatic carbocycles. The number of hydrogen-bond acceptors (Lipinski definition) is 4. The Balaban J connectivity index is 1.32. The fraction of sp³-hybridized carbons (Fsp3) is 0.571. The van der Waals surface area contributed by atoms with Crippen LogP contribution in [0.4, 0.5) is 4.39 Å². The lowest BCUT2D eigenvalue weighted by molar-refractivity contribution is 0.0627. The molecule has 0 unspecified atom stereocenters. The fourth-order valence-electron chi connectivity index (χ4n) is 4.19. The summed E-state index contributed by atoms with van der Waals surface area (Å²) in [5.41, 5.74) is 0.436.